The number of rotatable bonds is 5. The Morgan fingerprint density at radius 3 is 2.56 bits per heavy atom. The molecule has 0 aromatic rings. The van der Waals surface area contributed by atoms with Gasteiger partial charge >= 0.3 is 0 Å². The molecular weight excluding hydrogens is 255 g/mol. The van der Waals surface area contributed by atoms with Crippen LogP contribution in [0.4, 0.5) is 0 Å². The van der Waals surface area contributed by atoms with Gasteiger partial charge in [-0.3, -0.25) is 4.99 Å². The lowest BCUT2D eigenvalue weighted by molar-refractivity contribution is -0.172. The Kier molecular flexibility index (Phi) is 8.73. The lowest BCUT2D eigenvalue weighted by atomic mass is 10.1. The molecule has 0 radical (unpaired) electrons. The van der Waals surface area contributed by atoms with Gasteiger partial charge < -0.3 is 15.1 Å². The van der Waals surface area contributed by atoms with E-state index in [-0.39, 0.29) is 37.3 Å². The Morgan fingerprint density at radius 1 is 1.56 bits per heavy atom. The van der Waals surface area contributed by atoms with Gasteiger partial charge in [0.15, 0.2) is 0 Å². The fourth-order valence-electron chi connectivity index (χ4n) is 1.53. The van der Waals surface area contributed by atoms with Gasteiger partial charge in [0.1, 0.15) is 0 Å². The maximum Gasteiger partial charge on any atom is 0.284 e. The number of nitrogens with zero attached hydrogens (tertiary/aromatic N) is 3. The fourth-order valence-corrected chi connectivity index (χ4v) is 1.53. The monoisotopic (exact) mass is 272 g/mol. The molecule has 0 saturated carbocycles. The molecule has 0 aromatic heterocycles. The van der Waals surface area contributed by atoms with Crippen LogP contribution in [0.2, 0.25) is 0 Å². The summed E-state index contributed by atoms with van der Waals surface area (Å²) in [5, 5.41) is 21.2. The van der Waals surface area contributed by atoms with Gasteiger partial charge in [-0.15, -0.1) is 29.9 Å². The average molecular weight is 273 g/mol. The van der Waals surface area contributed by atoms with E-state index < -0.39 is 5.91 Å². The molecular formula is C8H18Cl2N4O2. The van der Waals surface area contributed by atoms with E-state index in [1.165, 1.54) is 0 Å². The van der Waals surface area contributed by atoms with Gasteiger partial charge in [-0.2, -0.15) is 0 Å². The third-order valence-electron chi connectivity index (χ3n) is 2.35. The second kappa shape index (κ2) is 7.78. The zero-order valence-corrected chi connectivity index (χ0v) is 10.7. The summed E-state index contributed by atoms with van der Waals surface area (Å²) in [5.41, 5.74) is 6.62. The van der Waals surface area contributed by atoms with Crippen LogP contribution in [-0.2, 0) is 0 Å². The van der Waals surface area contributed by atoms with E-state index in [9.17, 15) is 10.2 Å². The first-order valence-corrected chi connectivity index (χ1v) is 4.68. The van der Waals surface area contributed by atoms with E-state index in [4.69, 9.17) is 5.53 Å². The van der Waals surface area contributed by atoms with Gasteiger partial charge in [-0.05, 0) is 6.42 Å². The van der Waals surface area contributed by atoms with Crippen LogP contribution < -0.4 is 0 Å². The van der Waals surface area contributed by atoms with Gasteiger partial charge in [-0.25, -0.2) is 5.53 Å². The third-order valence-corrected chi connectivity index (χ3v) is 2.35. The fraction of sp³-hybridized carbons (Fsp3) is 0.875. The average Bonchev–Trinajstić information content (AvgIpc) is 2.67. The summed E-state index contributed by atoms with van der Waals surface area (Å²) in [5.74, 6) is -2.24. The molecule has 0 spiro atoms. The largest absolute Gasteiger partial charge is 0.358 e. The molecule has 8 heteroatoms. The summed E-state index contributed by atoms with van der Waals surface area (Å²) in [6.07, 6.45) is 2.53. The Balaban J connectivity index is 0. The number of hydrogen-bond donors (Lipinski definition) is 3. The Morgan fingerprint density at radius 2 is 2.19 bits per heavy atom. The smallest absolute Gasteiger partial charge is 0.284 e. The molecule has 3 N–H and O–H groups in total. The van der Waals surface area contributed by atoms with Crippen molar-refractivity contribution in [3.05, 3.63) is 0 Å². The van der Waals surface area contributed by atoms with Crippen molar-refractivity contribution in [2.45, 2.75) is 31.7 Å². The molecule has 0 amide bonds. The zero-order chi connectivity index (χ0) is 10.6. The maximum absolute atomic E-state index is 9.22. The molecule has 16 heavy (non-hydrogen) atoms. The van der Waals surface area contributed by atoms with E-state index in [0.717, 1.165) is 19.5 Å². The van der Waals surface area contributed by atoms with Gasteiger partial charge in [-0.1, -0.05) is 6.92 Å². The van der Waals surface area contributed by atoms with E-state index in [1.54, 1.807) is 6.34 Å². The van der Waals surface area contributed by atoms with Crippen molar-refractivity contribution < 1.29 is 10.2 Å². The molecule has 1 aliphatic heterocycles. The third kappa shape index (κ3) is 5.07. The summed E-state index contributed by atoms with van der Waals surface area (Å²) in [4.78, 5) is 6.00. The van der Waals surface area contributed by atoms with E-state index in [2.05, 4.69) is 10.1 Å². The summed E-state index contributed by atoms with van der Waals surface area (Å²) in [6, 6.07) is -0.0228. The highest BCUT2D eigenvalue weighted by molar-refractivity contribution is 5.85. The number of aliphatic hydroxyl groups is 2. The van der Waals surface area contributed by atoms with Crippen LogP contribution in [0, 0.1) is 5.53 Å². The molecule has 96 valence electrons. The van der Waals surface area contributed by atoms with Gasteiger partial charge in [0, 0.05) is 19.0 Å². The lowest BCUT2D eigenvalue weighted by Crippen LogP contribution is -2.40. The Labute approximate surface area is 107 Å². The second-order valence-corrected chi connectivity index (χ2v) is 3.41. The number of nitrogens with one attached hydrogen (secondary N) is 1. The molecule has 1 aliphatic rings. The van der Waals surface area contributed by atoms with Crippen LogP contribution in [0.3, 0.4) is 0 Å². The van der Waals surface area contributed by atoms with Crippen LogP contribution in [0.1, 0.15) is 19.8 Å². The first-order valence-electron chi connectivity index (χ1n) is 4.68. The van der Waals surface area contributed by atoms with Crippen LogP contribution in [0.15, 0.2) is 10.1 Å². The SMILES string of the molecule is CCC(CC(O)(O)N=N)N1C=NCC1.Cl.Cl. The molecule has 0 aromatic carbocycles. The minimum absolute atomic E-state index is 0. The molecule has 1 rings (SSSR count). The predicted octanol–water partition coefficient (Wildman–Crippen LogP) is 1.01. The van der Waals surface area contributed by atoms with E-state index >= 15 is 0 Å². The van der Waals surface area contributed by atoms with Gasteiger partial charge in [0.25, 0.3) is 5.91 Å². The van der Waals surface area contributed by atoms with Gasteiger partial charge in [0.05, 0.1) is 12.9 Å². The normalized spacial score (nSPS) is 16.3. The summed E-state index contributed by atoms with van der Waals surface area (Å²) >= 11 is 0. The number of halogens is 2. The van der Waals surface area contributed by atoms with E-state index in [1.807, 2.05) is 11.8 Å². The molecule has 0 saturated heterocycles. The van der Waals surface area contributed by atoms with Crippen molar-refractivity contribution in [2.75, 3.05) is 13.1 Å². The van der Waals surface area contributed by atoms with Crippen LogP contribution >= 0.6 is 24.8 Å². The van der Waals surface area contributed by atoms with Crippen molar-refractivity contribution in [3.8, 4) is 0 Å². The van der Waals surface area contributed by atoms with Crippen LogP contribution in [0.5, 0.6) is 0 Å². The standard InChI is InChI=1S/C8H16N4O2.2ClH/c1-2-7(5-8(13,14)11-9)12-4-3-10-6-12;;/h6-7,9,13-14H,2-5H2,1H3;2*1H. The van der Waals surface area contributed by atoms with E-state index in [0.29, 0.717) is 0 Å². The van der Waals surface area contributed by atoms with Crippen molar-refractivity contribution in [2.24, 2.45) is 10.1 Å². The molecule has 1 unspecified atom stereocenters. The topological polar surface area (TPSA) is 92.3 Å². The van der Waals surface area contributed by atoms with Crippen LogP contribution in [-0.4, -0.2) is 46.5 Å². The summed E-state index contributed by atoms with van der Waals surface area (Å²) < 4.78 is 0. The van der Waals surface area contributed by atoms with Gasteiger partial charge in [0.2, 0.25) is 0 Å². The lowest BCUT2D eigenvalue weighted by Gasteiger charge is -2.28. The highest BCUT2D eigenvalue weighted by Gasteiger charge is 2.29. The minimum Gasteiger partial charge on any atom is -0.358 e. The first-order chi connectivity index (χ1) is 6.59. The zero-order valence-electron chi connectivity index (χ0n) is 9.04. The minimum atomic E-state index is -2.24. The highest BCUT2D eigenvalue weighted by atomic mass is 35.5. The Bertz CT molecular complexity index is 238. The van der Waals surface area contributed by atoms with Crippen molar-refractivity contribution >= 4 is 31.2 Å². The first kappa shape index (κ1) is 17.9. The predicted molar refractivity (Wildman–Crippen MR) is 65.6 cm³/mol. The molecule has 1 atom stereocenters. The number of aliphatic imine (C=N–C) groups is 1. The molecule has 0 aliphatic carbocycles. The van der Waals surface area contributed by atoms with Crippen molar-refractivity contribution in [3.63, 3.8) is 0 Å². The number of hydrogen-bond acceptors (Lipinski definition) is 6. The molecule has 1 heterocycles. The highest BCUT2D eigenvalue weighted by Crippen LogP contribution is 2.18. The van der Waals surface area contributed by atoms with Crippen LogP contribution in [0.25, 0.3) is 0 Å². The second-order valence-electron chi connectivity index (χ2n) is 3.41. The molecule has 6 nitrogen and oxygen atoms in total. The quantitative estimate of drug-likeness (QED) is 0.515. The summed E-state index contributed by atoms with van der Waals surface area (Å²) in [7, 11) is 0. The van der Waals surface area contributed by atoms with Crippen molar-refractivity contribution in [1.82, 2.24) is 4.90 Å². The molecule has 0 bridgehead atoms. The maximum atomic E-state index is 9.22. The summed E-state index contributed by atoms with van der Waals surface area (Å²) in [6.45, 7) is 3.50. The Hall–Kier alpha value is -0.430. The van der Waals surface area contributed by atoms with Crippen molar-refractivity contribution in [1.29, 1.82) is 5.53 Å². The molecule has 0 fully saturated rings.